The zero-order valence-electron chi connectivity index (χ0n) is 13.3. The number of alkyl halides is 3. The van der Waals surface area contributed by atoms with Crippen LogP contribution in [-0.4, -0.2) is 19.2 Å². The van der Waals surface area contributed by atoms with Crippen LogP contribution in [-0.2, 0) is 6.18 Å². The van der Waals surface area contributed by atoms with E-state index in [0.29, 0.717) is 5.75 Å². The van der Waals surface area contributed by atoms with Crippen LogP contribution in [0.25, 0.3) is 0 Å². The minimum Gasteiger partial charge on any atom is -0.491 e. The van der Waals surface area contributed by atoms with Crippen molar-refractivity contribution in [2.24, 2.45) is 0 Å². The molecule has 0 saturated heterocycles. The van der Waals surface area contributed by atoms with Crippen LogP contribution in [0.3, 0.4) is 0 Å². The first-order valence-corrected chi connectivity index (χ1v) is 7.75. The van der Waals surface area contributed by atoms with E-state index in [9.17, 15) is 18.0 Å². The second-order valence-electron chi connectivity index (χ2n) is 5.19. The fraction of sp³-hybridized carbons (Fsp3) is 0.235. The summed E-state index contributed by atoms with van der Waals surface area (Å²) in [4.78, 5) is 11.7. The Labute approximate surface area is 147 Å². The fourth-order valence-corrected chi connectivity index (χ4v) is 2.26. The van der Waals surface area contributed by atoms with Crippen LogP contribution < -0.4 is 15.4 Å². The Morgan fingerprint density at radius 3 is 2.60 bits per heavy atom. The van der Waals surface area contributed by atoms with Gasteiger partial charge in [0.2, 0.25) is 0 Å². The molecule has 0 aliphatic rings. The monoisotopic (exact) mass is 372 g/mol. The highest BCUT2D eigenvalue weighted by molar-refractivity contribution is 6.31. The van der Waals surface area contributed by atoms with E-state index < -0.39 is 22.8 Å². The van der Waals surface area contributed by atoms with E-state index in [2.05, 4.69) is 10.6 Å². The van der Waals surface area contributed by atoms with E-state index >= 15 is 0 Å². The summed E-state index contributed by atoms with van der Waals surface area (Å²) in [5.41, 5.74) is -0.0447. The second-order valence-corrected chi connectivity index (χ2v) is 5.59. The van der Waals surface area contributed by atoms with Gasteiger partial charge in [0.15, 0.2) is 0 Å². The van der Waals surface area contributed by atoms with Crippen molar-refractivity contribution in [3.63, 3.8) is 0 Å². The standard InChI is InChI=1S/C17H16ClF3N2O2/c1-11-4-2-3-5-15(11)25-9-8-22-16(24)23-12-6-7-14(18)13(10-12)17(19,20)21/h2-7,10H,8-9H2,1H3,(H2,22,23,24). The van der Waals surface area contributed by atoms with Crippen molar-refractivity contribution in [3.8, 4) is 5.75 Å². The van der Waals surface area contributed by atoms with Crippen LogP contribution in [0.1, 0.15) is 11.1 Å². The maximum atomic E-state index is 12.8. The van der Waals surface area contributed by atoms with E-state index in [-0.39, 0.29) is 18.8 Å². The van der Waals surface area contributed by atoms with Gasteiger partial charge in [-0.25, -0.2) is 4.79 Å². The lowest BCUT2D eigenvalue weighted by molar-refractivity contribution is -0.137. The van der Waals surface area contributed by atoms with Crippen LogP contribution in [0.2, 0.25) is 5.02 Å². The van der Waals surface area contributed by atoms with Gasteiger partial charge in [-0.15, -0.1) is 0 Å². The molecule has 0 heterocycles. The number of aryl methyl sites for hydroxylation is 1. The number of hydrogen-bond donors (Lipinski definition) is 2. The van der Waals surface area contributed by atoms with Gasteiger partial charge in [0.05, 0.1) is 17.1 Å². The first kappa shape index (κ1) is 18.9. The van der Waals surface area contributed by atoms with E-state index in [1.54, 1.807) is 0 Å². The molecule has 2 N–H and O–H groups in total. The predicted octanol–water partition coefficient (Wildman–Crippen LogP) is 4.87. The number of nitrogens with one attached hydrogen (secondary N) is 2. The molecular formula is C17H16ClF3N2O2. The SMILES string of the molecule is Cc1ccccc1OCCNC(=O)Nc1ccc(Cl)c(C(F)(F)F)c1. The van der Waals surface area contributed by atoms with Gasteiger partial charge in [-0.3, -0.25) is 0 Å². The molecule has 0 unspecified atom stereocenters. The summed E-state index contributed by atoms with van der Waals surface area (Å²) in [6, 6.07) is 9.95. The quantitative estimate of drug-likeness (QED) is 0.736. The van der Waals surface area contributed by atoms with Crippen molar-refractivity contribution in [2.45, 2.75) is 13.1 Å². The third-order valence-corrected chi connectivity index (χ3v) is 3.60. The average Bonchev–Trinajstić information content (AvgIpc) is 2.54. The number of hydrogen-bond acceptors (Lipinski definition) is 2. The van der Waals surface area contributed by atoms with Gasteiger partial charge in [0.1, 0.15) is 12.4 Å². The zero-order chi connectivity index (χ0) is 18.4. The van der Waals surface area contributed by atoms with Gasteiger partial charge in [-0.1, -0.05) is 29.8 Å². The van der Waals surface area contributed by atoms with Gasteiger partial charge >= 0.3 is 12.2 Å². The largest absolute Gasteiger partial charge is 0.491 e. The Balaban J connectivity index is 1.84. The maximum Gasteiger partial charge on any atom is 0.417 e. The summed E-state index contributed by atoms with van der Waals surface area (Å²) in [5, 5.41) is 4.41. The number of amides is 2. The van der Waals surface area contributed by atoms with Gasteiger partial charge < -0.3 is 15.4 Å². The lowest BCUT2D eigenvalue weighted by atomic mass is 10.2. The Bertz CT molecular complexity index is 751. The van der Waals surface area contributed by atoms with Crippen molar-refractivity contribution in [1.82, 2.24) is 5.32 Å². The van der Waals surface area contributed by atoms with Crippen LogP contribution >= 0.6 is 11.6 Å². The molecule has 0 aliphatic carbocycles. The Morgan fingerprint density at radius 1 is 1.20 bits per heavy atom. The number of benzene rings is 2. The molecule has 4 nitrogen and oxygen atoms in total. The molecule has 2 amide bonds. The molecule has 0 atom stereocenters. The highest BCUT2D eigenvalue weighted by Gasteiger charge is 2.33. The molecule has 0 radical (unpaired) electrons. The molecular weight excluding hydrogens is 357 g/mol. The predicted molar refractivity (Wildman–Crippen MR) is 90.1 cm³/mol. The molecule has 2 aromatic rings. The number of urea groups is 1. The molecule has 0 spiro atoms. The molecule has 2 rings (SSSR count). The molecule has 2 aromatic carbocycles. The fourth-order valence-electron chi connectivity index (χ4n) is 2.04. The van der Waals surface area contributed by atoms with Gasteiger partial charge in [-0.05, 0) is 36.8 Å². The zero-order valence-corrected chi connectivity index (χ0v) is 14.0. The van der Waals surface area contributed by atoms with Gasteiger partial charge in [-0.2, -0.15) is 13.2 Å². The number of ether oxygens (including phenoxy) is 1. The molecule has 0 aliphatic heterocycles. The number of rotatable bonds is 5. The van der Waals surface area contributed by atoms with Crippen molar-refractivity contribution in [2.75, 3.05) is 18.5 Å². The van der Waals surface area contributed by atoms with Crippen molar-refractivity contribution in [1.29, 1.82) is 0 Å². The van der Waals surface area contributed by atoms with Crippen LogP contribution in [0.15, 0.2) is 42.5 Å². The summed E-state index contributed by atoms with van der Waals surface area (Å²) in [7, 11) is 0. The number of para-hydroxylation sites is 1. The van der Waals surface area contributed by atoms with Crippen molar-refractivity contribution >= 4 is 23.3 Å². The summed E-state index contributed by atoms with van der Waals surface area (Å²) in [5.74, 6) is 0.706. The summed E-state index contributed by atoms with van der Waals surface area (Å²) in [6.07, 6.45) is -4.59. The minimum absolute atomic E-state index is 0.00551. The molecule has 134 valence electrons. The van der Waals surface area contributed by atoms with Crippen molar-refractivity contribution < 1.29 is 22.7 Å². The summed E-state index contributed by atoms with van der Waals surface area (Å²) >= 11 is 5.53. The van der Waals surface area contributed by atoms with E-state index in [1.165, 1.54) is 6.07 Å². The highest BCUT2D eigenvalue weighted by atomic mass is 35.5. The van der Waals surface area contributed by atoms with E-state index in [1.807, 2.05) is 31.2 Å². The topological polar surface area (TPSA) is 50.4 Å². The first-order chi connectivity index (χ1) is 11.8. The molecule has 8 heteroatoms. The maximum absolute atomic E-state index is 12.8. The van der Waals surface area contributed by atoms with E-state index in [0.717, 1.165) is 17.7 Å². The molecule has 0 saturated carbocycles. The van der Waals surface area contributed by atoms with Crippen LogP contribution in [0, 0.1) is 6.92 Å². The number of anilines is 1. The molecule has 0 bridgehead atoms. The molecule has 0 fully saturated rings. The summed E-state index contributed by atoms with van der Waals surface area (Å²) in [6.45, 7) is 2.32. The van der Waals surface area contributed by atoms with Gasteiger partial charge in [0, 0.05) is 5.69 Å². The van der Waals surface area contributed by atoms with Crippen LogP contribution in [0.4, 0.5) is 23.7 Å². The third-order valence-electron chi connectivity index (χ3n) is 3.27. The normalized spacial score (nSPS) is 11.1. The first-order valence-electron chi connectivity index (χ1n) is 7.37. The molecule has 0 aromatic heterocycles. The Hall–Kier alpha value is -2.41. The number of carbonyl (C=O) groups is 1. The highest BCUT2D eigenvalue weighted by Crippen LogP contribution is 2.36. The van der Waals surface area contributed by atoms with Crippen molar-refractivity contribution in [3.05, 3.63) is 58.6 Å². The van der Waals surface area contributed by atoms with E-state index in [4.69, 9.17) is 16.3 Å². The minimum atomic E-state index is -4.59. The van der Waals surface area contributed by atoms with Crippen LogP contribution in [0.5, 0.6) is 5.75 Å². The second kappa shape index (κ2) is 8.11. The average molecular weight is 373 g/mol. The smallest absolute Gasteiger partial charge is 0.417 e. The third kappa shape index (κ3) is 5.56. The number of halogens is 4. The summed E-state index contributed by atoms with van der Waals surface area (Å²) < 4.78 is 43.8. The Kier molecular flexibility index (Phi) is 6.14. The lowest BCUT2D eigenvalue weighted by Crippen LogP contribution is -2.32. The van der Waals surface area contributed by atoms with Gasteiger partial charge in [0.25, 0.3) is 0 Å². The number of carbonyl (C=O) groups excluding carboxylic acids is 1. The Morgan fingerprint density at radius 2 is 1.92 bits per heavy atom. The lowest BCUT2D eigenvalue weighted by Gasteiger charge is -2.13. The molecule has 25 heavy (non-hydrogen) atoms.